The Kier molecular flexibility index (Phi) is 3.61. The van der Waals surface area contributed by atoms with Gasteiger partial charge < -0.3 is 0 Å². The van der Waals surface area contributed by atoms with Crippen molar-refractivity contribution in [2.75, 3.05) is 0 Å². The van der Waals surface area contributed by atoms with E-state index in [2.05, 4.69) is 0 Å². The maximum atomic E-state index is 15.5. The highest BCUT2D eigenvalue weighted by atomic mass is 19.2. The minimum absolute atomic E-state index is 0.230. The van der Waals surface area contributed by atoms with Gasteiger partial charge in [-0.2, -0.15) is 0 Å². The third-order valence-corrected chi connectivity index (χ3v) is 3.58. The average Bonchev–Trinajstić information content (AvgIpc) is 2.49. The van der Waals surface area contributed by atoms with Crippen LogP contribution in [0.1, 0.15) is 11.1 Å². The second-order valence-electron chi connectivity index (χ2n) is 4.92. The number of benzene rings is 2. The average molecular weight is 303 g/mol. The first-order chi connectivity index (χ1) is 10.5. The zero-order valence-corrected chi connectivity index (χ0v) is 11.4. The molecule has 4 heteroatoms. The molecule has 0 heterocycles. The van der Waals surface area contributed by atoms with Crippen molar-refractivity contribution in [2.24, 2.45) is 0 Å². The van der Waals surface area contributed by atoms with E-state index in [-0.39, 0.29) is 11.1 Å². The molecule has 0 fully saturated rings. The van der Waals surface area contributed by atoms with Crippen LogP contribution in [0.15, 0.2) is 66.5 Å². The predicted molar refractivity (Wildman–Crippen MR) is 77.1 cm³/mol. The molecule has 0 bridgehead atoms. The van der Waals surface area contributed by atoms with E-state index in [4.69, 9.17) is 0 Å². The maximum absolute atomic E-state index is 15.5. The Morgan fingerprint density at radius 3 is 2.09 bits per heavy atom. The fraction of sp³-hybridized carbons (Fsp3) is 0.0556. The summed E-state index contributed by atoms with van der Waals surface area (Å²) < 4.78 is 57.8. The van der Waals surface area contributed by atoms with E-state index < -0.39 is 28.7 Å². The second-order valence-corrected chi connectivity index (χ2v) is 4.92. The van der Waals surface area contributed by atoms with Gasteiger partial charge in [-0.15, -0.1) is 0 Å². The summed E-state index contributed by atoms with van der Waals surface area (Å²) in [5, 5.41) is 0. The minimum atomic E-state index is -2.58. The van der Waals surface area contributed by atoms with Crippen LogP contribution in [0, 0.1) is 18.1 Å². The van der Waals surface area contributed by atoms with Crippen LogP contribution in [-0.4, -0.2) is 0 Å². The van der Waals surface area contributed by atoms with Crippen molar-refractivity contribution < 1.29 is 17.6 Å². The van der Waals surface area contributed by atoms with Gasteiger partial charge in [-0.05, 0) is 18.2 Å². The van der Waals surface area contributed by atoms with Gasteiger partial charge in [-0.1, -0.05) is 42.5 Å². The van der Waals surface area contributed by atoms with Crippen LogP contribution in [-0.2, 0) is 5.67 Å². The van der Waals surface area contributed by atoms with Crippen LogP contribution in [0.5, 0.6) is 0 Å². The first-order valence-corrected chi connectivity index (χ1v) is 6.65. The molecule has 1 unspecified atom stereocenters. The molecule has 0 saturated carbocycles. The third kappa shape index (κ3) is 2.25. The number of hydrogen-bond donors (Lipinski definition) is 0. The molecule has 1 atom stereocenters. The van der Waals surface area contributed by atoms with Gasteiger partial charge in [-0.25, -0.2) is 17.6 Å². The lowest BCUT2D eigenvalue weighted by Crippen LogP contribution is -2.27. The highest BCUT2D eigenvalue weighted by Crippen LogP contribution is 2.48. The van der Waals surface area contributed by atoms with Crippen molar-refractivity contribution in [1.29, 1.82) is 0 Å². The summed E-state index contributed by atoms with van der Waals surface area (Å²) in [5.74, 6) is -2.52. The highest BCUT2D eigenvalue weighted by Gasteiger charge is 2.43. The van der Waals surface area contributed by atoms with Gasteiger partial charge >= 0.3 is 0 Å². The zero-order chi connectivity index (χ0) is 15.7. The van der Waals surface area contributed by atoms with Crippen molar-refractivity contribution in [2.45, 2.75) is 5.67 Å². The lowest BCUT2D eigenvalue weighted by Gasteiger charge is -2.30. The van der Waals surface area contributed by atoms with Crippen molar-refractivity contribution in [3.63, 3.8) is 0 Å². The summed E-state index contributed by atoms with van der Waals surface area (Å²) in [5.41, 5.74) is -3.69. The molecule has 1 aliphatic carbocycles. The van der Waals surface area contributed by atoms with Crippen LogP contribution in [0.2, 0.25) is 0 Å². The molecule has 0 nitrogen and oxygen atoms in total. The molecule has 0 amide bonds. The number of halogens is 4. The van der Waals surface area contributed by atoms with E-state index in [0.29, 0.717) is 0 Å². The Hall–Kier alpha value is -2.36. The molecule has 1 aliphatic rings. The monoisotopic (exact) mass is 303 g/mol. The van der Waals surface area contributed by atoms with Gasteiger partial charge in [-0.3, -0.25) is 0 Å². The molecule has 0 saturated heterocycles. The van der Waals surface area contributed by atoms with Gasteiger partial charge in [0.1, 0.15) is 17.5 Å². The normalized spacial score (nSPS) is 21.3. The summed E-state index contributed by atoms with van der Waals surface area (Å²) in [6.45, 7) is 0. The second kappa shape index (κ2) is 5.44. The summed E-state index contributed by atoms with van der Waals surface area (Å²) in [4.78, 5) is 0. The van der Waals surface area contributed by atoms with E-state index >= 15 is 4.39 Å². The number of allylic oxidation sites excluding steroid dienone is 4. The van der Waals surface area contributed by atoms with E-state index in [9.17, 15) is 13.2 Å². The molecular weight excluding hydrogens is 292 g/mol. The number of alkyl halides is 1. The van der Waals surface area contributed by atoms with Crippen LogP contribution >= 0.6 is 0 Å². The molecular formula is C18H11F4. The third-order valence-electron chi connectivity index (χ3n) is 3.58. The first kappa shape index (κ1) is 14.6. The van der Waals surface area contributed by atoms with E-state index in [1.165, 1.54) is 36.4 Å². The lowest BCUT2D eigenvalue weighted by molar-refractivity contribution is 0.285. The fourth-order valence-electron chi connectivity index (χ4n) is 2.57. The molecule has 2 aromatic carbocycles. The molecule has 0 aromatic heterocycles. The summed E-state index contributed by atoms with van der Waals surface area (Å²) in [6, 6.07) is 10.4. The van der Waals surface area contributed by atoms with Crippen molar-refractivity contribution >= 4 is 5.57 Å². The molecule has 111 valence electrons. The Balaban J connectivity index is 2.26. The first-order valence-electron chi connectivity index (χ1n) is 6.65. The Morgan fingerprint density at radius 2 is 1.41 bits per heavy atom. The van der Waals surface area contributed by atoms with E-state index in [1.54, 1.807) is 0 Å². The molecule has 3 rings (SSSR count). The molecule has 0 spiro atoms. The molecule has 22 heavy (non-hydrogen) atoms. The molecule has 0 N–H and O–H groups in total. The molecule has 1 radical (unpaired) electrons. The van der Waals surface area contributed by atoms with Gasteiger partial charge in [0.05, 0.1) is 0 Å². The predicted octanol–water partition coefficient (Wildman–Crippen LogP) is 5.28. The Bertz CT molecular complexity index is 776. The standard InChI is InChI=1S/C18H11F4/c19-14-8-3-1-6-12(14)17-16(21)10-5-11-18(17,22)13-7-2-4-9-15(13)20/h1-11H. The fourth-order valence-corrected chi connectivity index (χ4v) is 2.57. The quantitative estimate of drug-likeness (QED) is 0.662. The lowest BCUT2D eigenvalue weighted by atomic mass is 9.78. The number of hydrogen-bond acceptors (Lipinski definition) is 0. The van der Waals surface area contributed by atoms with E-state index in [0.717, 1.165) is 30.7 Å². The van der Waals surface area contributed by atoms with Crippen LogP contribution in [0.4, 0.5) is 17.6 Å². The van der Waals surface area contributed by atoms with Crippen LogP contribution in [0.25, 0.3) is 5.57 Å². The molecule has 2 aromatic rings. The van der Waals surface area contributed by atoms with Gasteiger partial charge in [0, 0.05) is 23.1 Å². The van der Waals surface area contributed by atoms with E-state index in [1.807, 2.05) is 0 Å². The SMILES string of the molecule is FC1=C(c2ccccc2F)C(F)(c2ccccc2F)[CH]C=C1. The van der Waals surface area contributed by atoms with Crippen molar-refractivity contribution in [1.82, 2.24) is 0 Å². The number of rotatable bonds is 2. The van der Waals surface area contributed by atoms with Gasteiger partial charge in [0.15, 0.2) is 5.67 Å². The van der Waals surface area contributed by atoms with Crippen molar-refractivity contribution in [3.8, 4) is 0 Å². The highest BCUT2D eigenvalue weighted by molar-refractivity contribution is 5.80. The minimum Gasteiger partial charge on any atom is -0.232 e. The zero-order valence-electron chi connectivity index (χ0n) is 11.4. The smallest absolute Gasteiger partial charge is 0.174 e. The van der Waals surface area contributed by atoms with Crippen molar-refractivity contribution in [3.05, 3.63) is 95.7 Å². The summed E-state index contributed by atoms with van der Waals surface area (Å²) >= 11 is 0. The van der Waals surface area contributed by atoms with Gasteiger partial charge in [0.25, 0.3) is 0 Å². The Labute approximate surface area is 125 Å². The topological polar surface area (TPSA) is 0 Å². The van der Waals surface area contributed by atoms with Crippen LogP contribution < -0.4 is 0 Å². The Morgan fingerprint density at radius 1 is 0.773 bits per heavy atom. The largest absolute Gasteiger partial charge is 0.232 e. The summed E-state index contributed by atoms with van der Waals surface area (Å²) in [6.07, 6.45) is 3.21. The van der Waals surface area contributed by atoms with Crippen LogP contribution in [0.3, 0.4) is 0 Å². The maximum Gasteiger partial charge on any atom is 0.174 e. The summed E-state index contributed by atoms with van der Waals surface area (Å²) in [7, 11) is 0. The molecule has 0 aliphatic heterocycles. The van der Waals surface area contributed by atoms with Gasteiger partial charge in [0.2, 0.25) is 0 Å².